The van der Waals surface area contributed by atoms with Crippen molar-refractivity contribution < 1.29 is 14.3 Å². The summed E-state index contributed by atoms with van der Waals surface area (Å²) in [5.74, 6) is -0.209. The van der Waals surface area contributed by atoms with Gasteiger partial charge in [-0.25, -0.2) is 0 Å². The Morgan fingerprint density at radius 1 is 1.62 bits per heavy atom. The third-order valence-electron chi connectivity index (χ3n) is 2.16. The Balaban J connectivity index is 1.91. The summed E-state index contributed by atoms with van der Waals surface area (Å²) in [5, 5.41) is 3.32. The van der Waals surface area contributed by atoms with Crippen molar-refractivity contribution in [3.05, 3.63) is 0 Å². The molecule has 0 unspecified atom stereocenters. The van der Waals surface area contributed by atoms with E-state index in [0.29, 0.717) is 25.7 Å². The number of esters is 1. The molecule has 1 rings (SSSR count). The zero-order chi connectivity index (χ0) is 9.52. The number of carbonyl (C=O) groups is 1. The van der Waals surface area contributed by atoms with Crippen molar-refractivity contribution in [1.82, 2.24) is 5.32 Å². The van der Waals surface area contributed by atoms with Crippen LogP contribution in [0.15, 0.2) is 0 Å². The standard InChI is InChI=1S/C9H17NO3/c1-12-9(11)4-6-13-7-8-3-2-5-10-8/h8,10H,2-7H2,1H3/t8-/m0/s1. The van der Waals surface area contributed by atoms with Gasteiger partial charge in [0.15, 0.2) is 0 Å². The molecule has 1 aliphatic heterocycles. The number of hydrogen-bond donors (Lipinski definition) is 1. The molecular weight excluding hydrogens is 170 g/mol. The van der Waals surface area contributed by atoms with Gasteiger partial charge < -0.3 is 14.8 Å². The van der Waals surface area contributed by atoms with Gasteiger partial charge in [0.05, 0.1) is 26.7 Å². The van der Waals surface area contributed by atoms with Crippen LogP contribution in [-0.2, 0) is 14.3 Å². The molecule has 0 aliphatic carbocycles. The molecule has 1 N–H and O–H groups in total. The van der Waals surface area contributed by atoms with E-state index in [-0.39, 0.29) is 5.97 Å². The SMILES string of the molecule is COC(=O)CCOC[C@@H]1CCCN1. The van der Waals surface area contributed by atoms with Gasteiger partial charge in [-0.15, -0.1) is 0 Å². The number of nitrogens with one attached hydrogen (secondary N) is 1. The lowest BCUT2D eigenvalue weighted by molar-refractivity contribution is -0.141. The van der Waals surface area contributed by atoms with Crippen molar-refractivity contribution in [3.63, 3.8) is 0 Å². The van der Waals surface area contributed by atoms with Crippen molar-refractivity contribution in [1.29, 1.82) is 0 Å². The maximum atomic E-state index is 10.7. The Labute approximate surface area is 78.6 Å². The predicted octanol–water partition coefficient (Wildman–Crippen LogP) is 0.318. The molecule has 1 heterocycles. The van der Waals surface area contributed by atoms with Crippen LogP contribution in [0.1, 0.15) is 19.3 Å². The lowest BCUT2D eigenvalue weighted by Crippen LogP contribution is -2.27. The van der Waals surface area contributed by atoms with Gasteiger partial charge in [0.25, 0.3) is 0 Å². The maximum Gasteiger partial charge on any atom is 0.307 e. The third kappa shape index (κ3) is 4.24. The molecular formula is C9H17NO3. The highest BCUT2D eigenvalue weighted by Crippen LogP contribution is 2.04. The molecule has 1 fully saturated rings. The van der Waals surface area contributed by atoms with Crippen molar-refractivity contribution in [3.8, 4) is 0 Å². The minimum Gasteiger partial charge on any atom is -0.469 e. The monoisotopic (exact) mass is 187 g/mol. The second-order valence-electron chi connectivity index (χ2n) is 3.19. The number of methoxy groups -OCH3 is 1. The molecule has 0 aromatic heterocycles. The lowest BCUT2D eigenvalue weighted by atomic mass is 10.2. The molecule has 0 aromatic carbocycles. The highest BCUT2D eigenvalue weighted by Gasteiger charge is 2.13. The van der Waals surface area contributed by atoms with Crippen LogP contribution in [0.3, 0.4) is 0 Å². The van der Waals surface area contributed by atoms with Crippen LogP contribution in [0.4, 0.5) is 0 Å². The molecule has 0 spiro atoms. The Morgan fingerprint density at radius 3 is 3.08 bits per heavy atom. The number of carbonyl (C=O) groups excluding carboxylic acids is 1. The van der Waals surface area contributed by atoms with E-state index >= 15 is 0 Å². The summed E-state index contributed by atoms with van der Waals surface area (Å²) < 4.78 is 9.81. The van der Waals surface area contributed by atoms with E-state index in [4.69, 9.17) is 4.74 Å². The minimum atomic E-state index is -0.209. The minimum absolute atomic E-state index is 0.209. The summed E-state index contributed by atoms with van der Waals surface area (Å²) in [4.78, 5) is 10.7. The molecule has 4 heteroatoms. The number of rotatable bonds is 5. The van der Waals surface area contributed by atoms with E-state index < -0.39 is 0 Å². The normalized spacial score (nSPS) is 21.8. The predicted molar refractivity (Wildman–Crippen MR) is 48.5 cm³/mol. The molecule has 1 saturated heterocycles. The van der Waals surface area contributed by atoms with Crippen molar-refractivity contribution in [2.75, 3.05) is 26.9 Å². The van der Waals surface area contributed by atoms with Gasteiger partial charge in [-0.05, 0) is 19.4 Å². The van der Waals surface area contributed by atoms with Gasteiger partial charge in [0, 0.05) is 6.04 Å². The van der Waals surface area contributed by atoms with Gasteiger partial charge in [0.1, 0.15) is 0 Å². The first-order valence-electron chi connectivity index (χ1n) is 4.71. The molecule has 0 saturated carbocycles. The molecule has 1 aliphatic rings. The first kappa shape index (κ1) is 10.5. The van der Waals surface area contributed by atoms with Gasteiger partial charge in [0.2, 0.25) is 0 Å². The molecule has 4 nitrogen and oxygen atoms in total. The van der Waals surface area contributed by atoms with Gasteiger partial charge in [-0.2, -0.15) is 0 Å². The van der Waals surface area contributed by atoms with E-state index in [0.717, 1.165) is 6.54 Å². The number of hydrogen-bond acceptors (Lipinski definition) is 4. The van der Waals surface area contributed by atoms with Crippen molar-refractivity contribution in [2.24, 2.45) is 0 Å². The summed E-state index contributed by atoms with van der Waals surface area (Å²) in [6.07, 6.45) is 2.76. The third-order valence-corrected chi connectivity index (χ3v) is 2.16. The first-order chi connectivity index (χ1) is 6.33. The van der Waals surface area contributed by atoms with Crippen molar-refractivity contribution >= 4 is 5.97 Å². The van der Waals surface area contributed by atoms with Crippen molar-refractivity contribution in [2.45, 2.75) is 25.3 Å². The zero-order valence-corrected chi connectivity index (χ0v) is 8.04. The average Bonchev–Trinajstić information content (AvgIpc) is 2.64. The average molecular weight is 187 g/mol. The molecule has 13 heavy (non-hydrogen) atoms. The molecule has 0 amide bonds. The Morgan fingerprint density at radius 2 is 2.46 bits per heavy atom. The first-order valence-corrected chi connectivity index (χ1v) is 4.71. The van der Waals surface area contributed by atoms with E-state index in [9.17, 15) is 4.79 Å². The Bertz CT molecular complexity index is 155. The largest absolute Gasteiger partial charge is 0.469 e. The van der Waals surface area contributed by atoms with Gasteiger partial charge in [-0.3, -0.25) is 4.79 Å². The lowest BCUT2D eigenvalue weighted by Gasteiger charge is -2.09. The van der Waals surface area contributed by atoms with E-state index in [1.807, 2.05) is 0 Å². The fourth-order valence-corrected chi connectivity index (χ4v) is 1.38. The Kier molecular flexibility index (Phi) is 4.78. The fraction of sp³-hybridized carbons (Fsp3) is 0.889. The summed E-state index contributed by atoms with van der Waals surface area (Å²) >= 11 is 0. The van der Waals surface area contributed by atoms with E-state index in [1.165, 1.54) is 20.0 Å². The zero-order valence-electron chi connectivity index (χ0n) is 8.04. The van der Waals surface area contributed by atoms with Crippen LogP contribution < -0.4 is 5.32 Å². The van der Waals surface area contributed by atoms with Crippen LogP contribution in [0.2, 0.25) is 0 Å². The molecule has 0 bridgehead atoms. The molecule has 76 valence electrons. The van der Waals surface area contributed by atoms with E-state index in [1.54, 1.807) is 0 Å². The Hall–Kier alpha value is -0.610. The van der Waals surface area contributed by atoms with Crippen LogP contribution in [0.5, 0.6) is 0 Å². The van der Waals surface area contributed by atoms with E-state index in [2.05, 4.69) is 10.1 Å². The fourth-order valence-electron chi connectivity index (χ4n) is 1.38. The summed E-state index contributed by atoms with van der Waals surface area (Å²) in [5.41, 5.74) is 0. The second kappa shape index (κ2) is 5.94. The topological polar surface area (TPSA) is 47.6 Å². The number of ether oxygens (including phenoxy) is 2. The van der Waals surface area contributed by atoms with Crippen LogP contribution in [0, 0.1) is 0 Å². The molecule has 0 aromatic rings. The van der Waals surface area contributed by atoms with Gasteiger partial charge in [-0.1, -0.05) is 0 Å². The van der Waals surface area contributed by atoms with Crippen LogP contribution >= 0.6 is 0 Å². The smallest absolute Gasteiger partial charge is 0.307 e. The van der Waals surface area contributed by atoms with Crippen LogP contribution in [0.25, 0.3) is 0 Å². The summed E-state index contributed by atoms with van der Waals surface area (Å²) in [7, 11) is 1.39. The van der Waals surface area contributed by atoms with Gasteiger partial charge >= 0.3 is 5.97 Å². The molecule has 1 atom stereocenters. The van der Waals surface area contributed by atoms with Crippen LogP contribution in [-0.4, -0.2) is 38.9 Å². The highest BCUT2D eigenvalue weighted by molar-refractivity contribution is 5.69. The summed E-state index contributed by atoms with van der Waals surface area (Å²) in [6.45, 7) is 2.26. The highest BCUT2D eigenvalue weighted by atomic mass is 16.5. The second-order valence-corrected chi connectivity index (χ2v) is 3.19. The summed E-state index contributed by atoms with van der Waals surface area (Å²) in [6, 6.07) is 0.484. The maximum absolute atomic E-state index is 10.7. The molecule has 0 radical (unpaired) electrons. The quantitative estimate of drug-likeness (QED) is 0.497.